The van der Waals surface area contributed by atoms with Gasteiger partial charge >= 0.3 is 6.09 Å². The Bertz CT molecular complexity index is 986. The van der Waals surface area contributed by atoms with Crippen molar-refractivity contribution < 1.29 is 22.4 Å². The van der Waals surface area contributed by atoms with Crippen LogP contribution in [0.5, 0.6) is 0 Å². The van der Waals surface area contributed by atoms with Crippen molar-refractivity contribution in [1.82, 2.24) is 0 Å². The highest BCUT2D eigenvalue weighted by atomic mass is 32.2. The van der Waals surface area contributed by atoms with Gasteiger partial charge in [-0.2, -0.15) is 11.2 Å². The molecule has 0 aromatic heterocycles. The number of halogens is 1. The van der Waals surface area contributed by atoms with Crippen molar-refractivity contribution in [3.8, 4) is 6.07 Å². The number of anilines is 1. The van der Waals surface area contributed by atoms with Gasteiger partial charge in [0.05, 0.1) is 28.7 Å². The largest absolute Gasteiger partial charge is 0.433 e. The van der Waals surface area contributed by atoms with Crippen molar-refractivity contribution in [2.75, 3.05) is 10.7 Å². The van der Waals surface area contributed by atoms with Crippen LogP contribution >= 0.6 is 0 Å². The van der Waals surface area contributed by atoms with Gasteiger partial charge < -0.3 is 4.84 Å². The van der Waals surface area contributed by atoms with Crippen molar-refractivity contribution in [2.24, 2.45) is 5.90 Å². The Labute approximate surface area is 169 Å². The van der Waals surface area contributed by atoms with Crippen LogP contribution in [0.4, 0.5) is 14.9 Å². The van der Waals surface area contributed by atoms with E-state index in [-0.39, 0.29) is 11.4 Å². The van der Waals surface area contributed by atoms with Crippen molar-refractivity contribution in [2.45, 2.75) is 31.6 Å². The molecule has 0 bridgehead atoms. The molecule has 0 saturated carbocycles. The van der Waals surface area contributed by atoms with Crippen LogP contribution in [-0.2, 0) is 14.7 Å². The molecule has 0 aliphatic heterocycles. The molecule has 1 amide bonds. The summed E-state index contributed by atoms with van der Waals surface area (Å²) >= 11 is 0. The van der Waals surface area contributed by atoms with Gasteiger partial charge in [-0.15, -0.1) is 0 Å². The number of hydrogen-bond donors (Lipinski definition) is 1. The van der Waals surface area contributed by atoms with Crippen LogP contribution in [0.25, 0.3) is 0 Å². The Hall–Kier alpha value is -2.96. The lowest BCUT2D eigenvalue weighted by molar-refractivity contribution is 0.153. The summed E-state index contributed by atoms with van der Waals surface area (Å²) in [6.45, 7) is 3.28. The van der Waals surface area contributed by atoms with Crippen LogP contribution in [0, 0.1) is 17.1 Å². The zero-order valence-corrected chi connectivity index (χ0v) is 16.9. The molecular formula is C20H22FN3O4S. The van der Waals surface area contributed by atoms with Crippen LogP contribution in [0.2, 0.25) is 0 Å². The molecular weight excluding hydrogens is 397 g/mol. The van der Waals surface area contributed by atoms with Crippen LogP contribution < -0.4 is 10.8 Å². The van der Waals surface area contributed by atoms with Gasteiger partial charge in [-0.05, 0) is 55.3 Å². The van der Waals surface area contributed by atoms with Gasteiger partial charge in [-0.1, -0.05) is 19.1 Å². The first kappa shape index (κ1) is 22.3. The van der Waals surface area contributed by atoms with Crippen molar-refractivity contribution >= 4 is 21.6 Å². The van der Waals surface area contributed by atoms with Gasteiger partial charge in [0.1, 0.15) is 5.82 Å². The Morgan fingerprint density at radius 2 is 1.79 bits per heavy atom. The molecule has 29 heavy (non-hydrogen) atoms. The molecule has 2 rings (SSSR count). The number of carbonyl (C=O) groups is 1. The fourth-order valence-corrected chi connectivity index (χ4v) is 4.73. The Balaban J connectivity index is 2.33. The number of nitriles is 1. The number of hydrogen-bond acceptors (Lipinski definition) is 6. The predicted molar refractivity (Wildman–Crippen MR) is 107 cm³/mol. The van der Waals surface area contributed by atoms with E-state index < -0.39 is 33.0 Å². The molecule has 2 aromatic carbocycles. The van der Waals surface area contributed by atoms with Gasteiger partial charge in [0, 0.05) is 5.69 Å². The average Bonchev–Trinajstić information content (AvgIpc) is 2.73. The predicted octanol–water partition coefficient (Wildman–Crippen LogP) is 3.47. The maximum absolute atomic E-state index is 13.3. The lowest BCUT2D eigenvalue weighted by Gasteiger charge is -2.30. The Morgan fingerprint density at radius 3 is 2.28 bits per heavy atom. The van der Waals surface area contributed by atoms with E-state index in [9.17, 15) is 17.6 Å². The van der Waals surface area contributed by atoms with Gasteiger partial charge in [-0.3, -0.25) is 4.90 Å². The van der Waals surface area contributed by atoms with Crippen molar-refractivity contribution in [1.29, 1.82) is 5.26 Å². The summed E-state index contributed by atoms with van der Waals surface area (Å²) in [5, 5.41) is 8.03. The molecule has 0 aliphatic carbocycles. The van der Waals surface area contributed by atoms with Crippen molar-refractivity contribution in [3.05, 3.63) is 65.5 Å². The number of benzene rings is 2. The number of nitrogens with two attached hydrogens (primary N) is 1. The molecule has 0 aliphatic rings. The first-order valence-corrected chi connectivity index (χ1v) is 10.6. The second kappa shape index (κ2) is 9.49. The third-order valence-electron chi connectivity index (χ3n) is 4.71. The van der Waals surface area contributed by atoms with E-state index in [1.165, 1.54) is 12.1 Å². The first-order valence-electron chi connectivity index (χ1n) is 8.90. The molecule has 2 aromatic rings. The van der Waals surface area contributed by atoms with Crippen LogP contribution in [0.15, 0.2) is 48.5 Å². The minimum Gasteiger partial charge on any atom is -0.356 e. The SMILES string of the molecule is CCC(CS(=O)(=O)C(C)c1ccc(C#N)cc1)N(C(=O)ON)c1ccc(F)cc1. The fraction of sp³-hybridized carbons (Fsp3) is 0.300. The maximum atomic E-state index is 13.3. The van der Waals surface area contributed by atoms with E-state index in [0.717, 1.165) is 17.0 Å². The first-order chi connectivity index (χ1) is 13.7. The van der Waals surface area contributed by atoms with Crippen LogP contribution in [0.3, 0.4) is 0 Å². The normalized spacial score (nSPS) is 13.2. The highest BCUT2D eigenvalue weighted by Gasteiger charge is 2.33. The highest BCUT2D eigenvalue weighted by molar-refractivity contribution is 7.91. The minimum absolute atomic E-state index is 0.273. The summed E-state index contributed by atoms with van der Waals surface area (Å²) in [6.07, 6.45) is -0.643. The molecule has 9 heteroatoms. The molecule has 2 N–H and O–H groups in total. The van der Waals surface area contributed by atoms with Crippen LogP contribution in [-0.4, -0.2) is 26.3 Å². The van der Waals surface area contributed by atoms with E-state index in [2.05, 4.69) is 4.84 Å². The van der Waals surface area contributed by atoms with Crippen molar-refractivity contribution in [3.63, 3.8) is 0 Å². The molecule has 2 unspecified atom stereocenters. The standard InChI is InChI=1S/C20H22FN3O4S/c1-3-18(24(20(25)28-23)19-10-8-17(21)9-11-19)13-29(26,27)14(2)16-6-4-15(12-22)5-7-16/h4-11,14,18H,3,13,23H2,1-2H3. The lowest BCUT2D eigenvalue weighted by Crippen LogP contribution is -2.45. The Morgan fingerprint density at radius 1 is 1.21 bits per heavy atom. The lowest BCUT2D eigenvalue weighted by atomic mass is 10.1. The van der Waals surface area contributed by atoms with Gasteiger partial charge in [0.15, 0.2) is 9.84 Å². The second-order valence-corrected chi connectivity index (χ2v) is 8.86. The number of sulfone groups is 1. The number of amides is 1. The van der Waals surface area contributed by atoms with Gasteiger partial charge in [0.25, 0.3) is 0 Å². The van der Waals surface area contributed by atoms with E-state index in [0.29, 0.717) is 17.5 Å². The molecule has 0 spiro atoms. The number of nitrogens with zero attached hydrogens (tertiary/aromatic N) is 2. The summed E-state index contributed by atoms with van der Waals surface area (Å²) < 4.78 is 39.3. The monoisotopic (exact) mass is 419 g/mol. The number of rotatable bonds is 7. The summed E-state index contributed by atoms with van der Waals surface area (Å²) in [5.41, 5.74) is 1.24. The minimum atomic E-state index is -3.69. The maximum Gasteiger partial charge on any atom is 0.433 e. The zero-order chi connectivity index (χ0) is 21.6. The van der Waals surface area contributed by atoms with Crippen LogP contribution in [0.1, 0.15) is 36.6 Å². The second-order valence-electron chi connectivity index (χ2n) is 6.50. The topological polar surface area (TPSA) is 113 Å². The number of carbonyl (C=O) groups excluding carboxylic acids is 1. The highest BCUT2D eigenvalue weighted by Crippen LogP contribution is 2.27. The summed E-state index contributed by atoms with van der Waals surface area (Å²) in [7, 11) is -3.69. The zero-order valence-electron chi connectivity index (χ0n) is 16.1. The quantitative estimate of drug-likeness (QED) is 0.688. The van der Waals surface area contributed by atoms with Gasteiger partial charge in [-0.25, -0.2) is 17.6 Å². The summed E-state index contributed by atoms with van der Waals surface area (Å²) in [4.78, 5) is 17.7. The van der Waals surface area contributed by atoms with E-state index in [1.807, 2.05) is 6.07 Å². The van der Waals surface area contributed by atoms with Gasteiger partial charge in [0.2, 0.25) is 0 Å². The van der Waals surface area contributed by atoms with E-state index >= 15 is 0 Å². The molecule has 0 radical (unpaired) electrons. The third kappa shape index (κ3) is 5.31. The summed E-state index contributed by atoms with van der Waals surface area (Å²) in [6, 6.07) is 12.5. The third-order valence-corrected chi connectivity index (χ3v) is 6.91. The smallest absolute Gasteiger partial charge is 0.356 e. The molecule has 0 saturated heterocycles. The Kier molecular flexibility index (Phi) is 7.31. The van der Waals surface area contributed by atoms with E-state index in [1.54, 1.807) is 38.1 Å². The molecule has 154 valence electrons. The average molecular weight is 419 g/mol. The summed E-state index contributed by atoms with van der Waals surface area (Å²) in [5.74, 6) is 4.19. The fourth-order valence-electron chi connectivity index (χ4n) is 2.95. The van der Waals surface area contributed by atoms with E-state index in [4.69, 9.17) is 11.2 Å². The molecule has 7 nitrogen and oxygen atoms in total. The molecule has 2 atom stereocenters. The molecule has 0 fully saturated rings. The molecule has 0 heterocycles.